The highest BCUT2D eigenvalue weighted by atomic mass is 19.1. The third-order valence-electron chi connectivity index (χ3n) is 2.87. The molecule has 0 aliphatic heterocycles. The van der Waals surface area contributed by atoms with E-state index >= 15 is 0 Å². The monoisotopic (exact) mass is 179 g/mol. The first-order valence-corrected chi connectivity index (χ1v) is 4.78. The van der Waals surface area contributed by atoms with Gasteiger partial charge in [0, 0.05) is 6.04 Å². The summed E-state index contributed by atoms with van der Waals surface area (Å²) in [5.41, 5.74) is 7.14. The van der Waals surface area contributed by atoms with Gasteiger partial charge in [0.15, 0.2) is 0 Å². The fourth-order valence-electron chi connectivity index (χ4n) is 2.11. The first-order valence-electron chi connectivity index (χ1n) is 4.78. The molecule has 0 aromatic heterocycles. The van der Waals surface area contributed by atoms with E-state index in [0.29, 0.717) is 5.92 Å². The normalized spacial score (nSPS) is 27.8. The molecule has 0 bridgehead atoms. The van der Waals surface area contributed by atoms with Crippen molar-refractivity contribution >= 4 is 0 Å². The molecule has 1 saturated carbocycles. The number of rotatable bonds is 1. The topological polar surface area (TPSA) is 26.0 Å². The fourth-order valence-corrected chi connectivity index (χ4v) is 2.11. The highest BCUT2D eigenvalue weighted by molar-refractivity contribution is 5.23. The molecule has 2 N–H and O–H groups in total. The molecule has 0 heterocycles. The molecule has 13 heavy (non-hydrogen) atoms. The molecule has 0 spiro atoms. The minimum atomic E-state index is -0.171. The molecule has 1 aliphatic carbocycles. The predicted octanol–water partition coefficient (Wildman–Crippen LogP) is 2.42. The zero-order valence-electron chi connectivity index (χ0n) is 7.54. The molecule has 2 heteroatoms. The summed E-state index contributed by atoms with van der Waals surface area (Å²) < 4.78 is 12.6. The van der Waals surface area contributed by atoms with Crippen LogP contribution in [0.2, 0.25) is 0 Å². The average Bonchev–Trinajstić information content (AvgIpc) is 2.53. The van der Waals surface area contributed by atoms with Gasteiger partial charge in [-0.05, 0) is 36.5 Å². The average molecular weight is 179 g/mol. The van der Waals surface area contributed by atoms with Crippen molar-refractivity contribution in [1.29, 1.82) is 0 Å². The molecular formula is C11H14FN. The number of halogens is 1. The van der Waals surface area contributed by atoms with Gasteiger partial charge in [0.05, 0.1) is 0 Å². The van der Waals surface area contributed by atoms with Crippen molar-refractivity contribution in [3.8, 4) is 0 Å². The lowest BCUT2D eigenvalue weighted by molar-refractivity contribution is 0.603. The fraction of sp³-hybridized carbons (Fsp3) is 0.455. The molecule has 70 valence electrons. The smallest absolute Gasteiger partial charge is 0.123 e. The van der Waals surface area contributed by atoms with Gasteiger partial charge in [-0.3, -0.25) is 0 Å². The Morgan fingerprint density at radius 2 is 1.85 bits per heavy atom. The van der Waals surface area contributed by atoms with Gasteiger partial charge in [0.1, 0.15) is 5.82 Å². The number of hydrogen-bond donors (Lipinski definition) is 1. The SMILES string of the molecule is N[C@H]1CCC[C@H]1c1ccc(F)cc1. The zero-order chi connectivity index (χ0) is 9.26. The lowest BCUT2D eigenvalue weighted by Crippen LogP contribution is -2.22. The van der Waals surface area contributed by atoms with Crippen LogP contribution in [0.5, 0.6) is 0 Å². The molecule has 1 aromatic carbocycles. The maximum absolute atomic E-state index is 12.6. The van der Waals surface area contributed by atoms with E-state index in [9.17, 15) is 4.39 Å². The van der Waals surface area contributed by atoms with E-state index < -0.39 is 0 Å². The van der Waals surface area contributed by atoms with Crippen molar-refractivity contribution in [2.24, 2.45) is 5.73 Å². The summed E-state index contributed by atoms with van der Waals surface area (Å²) in [7, 11) is 0. The van der Waals surface area contributed by atoms with E-state index in [4.69, 9.17) is 5.73 Å². The molecule has 0 saturated heterocycles. The molecule has 1 nitrogen and oxygen atoms in total. The Balaban J connectivity index is 2.20. The van der Waals surface area contributed by atoms with Crippen LogP contribution in [-0.2, 0) is 0 Å². The largest absolute Gasteiger partial charge is 0.327 e. The lowest BCUT2D eigenvalue weighted by atomic mass is 9.95. The summed E-state index contributed by atoms with van der Waals surface area (Å²) >= 11 is 0. The van der Waals surface area contributed by atoms with Gasteiger partial charge < -0.3 is 5.73 Å². The highest BCUT2D eigenvalue weighted by Gasteiger charge is 2.24. The predicted molar refractivity (Wildman–Crippen MR) is 51.0 cm³/mol. The third kappa shape index (κ3) is 1.73. The standard InChI is InChI=1S/C11H14FN/c12-9-6-4-8(5-7-9)10-2-1-3-11(10)13/h4-7,10-11H,1-3,13H2/t10-,11-/m0/s1. The zero-order valence-corrected chi connectivity index (χ0v) is 7.54. The maximum Gasteiger partial charge on any atom is 0.123 e. The number of nitrogens with two attached hydrogens (primary N) is 1. The summed E-state index contributed by atoms with van der Waals surface area (Å²) in [5.74, 6) is 0.274. The van der Waals surface area contributed by atoms with Crippen molar-refractivity contribution in [1.82, 2.24) is 0 Å². The number of benzene rings is 1. The Morgan fingerprint density at radius 1 is 1.15 bits per heavy atom. The van der Waals surface area contributed by atoms with Gasteiger partial charge >= 0.3 is 0 Å². The van der Waals surface area contributed by atoms with Gasteiger partial charge in [0.2, 0.25) is 0 Å². The molecule has 0 amide bonds. The second-order valence-corrected chi connectivity index (χ2v) is 3.75. The second-order valence-electron chi connectivity index (χ2n) is 3.75. The quantitative estimate of drug-likeness (QED) is 0.704. The van der Waals surface area contributed by atoms with Crippen molar-refractivity contribution in [2.45, 2.75) is 31.2 Å². The Labute approximate surface area is 77.8 Å². The van der Waals surface area contributed by atoms with Crippen LogP contribution in [0, 0.1) is 5.82 Å². The van der Waals surface area contributed by atoms with E-state index in [1.54, 1.807) is 0 Å². The van der Waals surface area contributed by atoms with Crippen molar-refractivity contribution in [2.75, 3.05) is 0 Å². The minimum absolute atomic E-state index is 0.171. The summed E-state index contributed by atoms with van der Waals surface area (Å²) in [6.07, 6.45) is 3.44. The van der Waals surface area contributed by atoms with Crippen LogP contribution in [-0.4, -0.2) is 6.04 Å². The molecule has 0 radical (unpaired) electrons. The van der Waals surface area contributed by atoms with Crippen LogP contribution in [0.25, 0.3) is 0 Å². The van der Waals surface area contributed by atoms with Gasteiger partial charge in [-0.1, -0.05) is 18.6 Å². The van der Waals surface area contributed by atoms with Crippen molar-refractivity contribution in [3.05, 3.63) is 35.6 Å². The molecule has 0 unspecified atom stereocenters. The molecule has 1 fully saturated rings. The van der Waals surface area contributed by atoms with E-state index in [2.05, 4.69) is 0 Å². The van der Waals surface area contributed by atoms with E-state index in [0.717, 1.165) is 12.8 Å². The lowest BCUT2D eigenvalue weighted by Gasteiger charge is -2.15. The van der Waals surface area contributed by atoms with E-state index in [1.807, 2.05) is 12.1 Å². The molecular weight excluding hydrogens is 165 g/mol. The Bertz CT molecular complexity index is 281. The van der Waals surface area contributed by atoms with Crippen LogP contribution in [0.3, 0.4) is 0 Å². The summed E-state index contributed by atoms with van der Waals surface area (Å²) in [4.78, 5) is 0. The first kappa shape index (κ1) is 8.70. The van der Waals surface area contributed by atoms with Crippen LogP contribution in [0.1, 0.15) is 30.7 Å². The highest BCUT2D eigenvalue weighted by Crippen LogP contribution is 2.33. The van der Waals surface area contributed by atoms with Crippen LogP contribution in [0.15, 0.2) is 24.3 Å². The Kier molecular flexibility index (Phi) is 2.32. The van der Waals surface area contributed by atoms with Crippen LogP contribution in [0.4, 0.5) is 4.39 Å². The first-order chi connectivity index (χ1) is 6.27. The van der Waals surface area contributed by atoms with Crippen LogP contribution < -0.4 is 5.73 Å². The summed E-state index contributed by atoms with van der Waals surface area (Å²) in [6.45, 7) is 0. The van der Waals surface area contributed by atoms with E-state index in [1.165, 1.54) is 24.1 Å². The molecule has 1 aromatic rings. The van der Waals surface area contributed by atoms with Crippen LogP contribution >= 0.6 is 0 Å². The van der Waals surface area contributed by atoms with Crippen molar-refractivity contribution in [3.63, 3.8) is 0 Å². The summed E-state index contributed by atoms with van der Waals surface area (Å²) in [6, 6.07) is 7.00. The molecule has 1 aliphatic rings. The van der Waals surface area contributed by atoms with E-state index in [-0.39, 0.29) is 11.9 Å². The second kappa shape index (κ2) is 3.46. The van der Waals surface area contributed by atoms with Gasteiger partial charge in [0.25, 0.3) is 0 Å². The summed E-state index contributed by atoms with van der Waals surface area (Å²) in [5, 5.41) is 0. The van der Waals surface area contributed by atoms with Gasteiger partial charge in [-0.25, -0.2) is 4.39 Å². The maximum atomic E-state index is 12.6. The minimum Gasteiger partial charge on any atom is -0.327 e. The third-order valence-corrected chi connectivity index (χ3v) is 2.87. The van der Waals surface area contributed by atoms with Crippen molar-refractivity contribution < 1.29 is 4.39 Å². The Hall–Kier alpha value is -0.890. The molecule has 2 atom stereocenters. The Morgan fingerprint density at radius 3 is 2.38 bits per heavy atom. The van der Waals surface area contributed by atoms with Gasteiger partial charge in [-0.15, -0.1) is 0 Å². The van der Waals surface area contributed by atoms with Gasteiger partial charge in [-0.2, -0.15) is 0 Å². The molecule has 2 rings (SSSR count). The number of hydrogen-bond acceptors (Lipinski definition) is 1.